The molecule has 82 valence electrons. The zero-order valence-corrected chi connectivity index (χ0v) is 10.5. The van der Waals surface area contributed by atoms with Crippen LogP contribution >= 0.6 is 15.9 Å². The Morgan fingerprint density at radius 2 is 2.12 bits per heavy atom. The van der Waals surface area contributed by atoms with Gasteiger partial charge in [0.05, 0.1) is 17.9 Å². The molecular weight excluding hydrogens is 266 g/mol. The number of nitrogens with zero attached hydrogens (tertiary/aromatic N) is 2. The predicted octanol–water partition coefficient (Wildman–Crippen LogP) is 2.60. The van der Waals surface area contributed by atoms with Gasteiger partial charge in [-0.2, -0.15) is 0 Å². The minimum atomic E-state index is -0.247. The zero-order valence-electron chi connectivity index (χ0n) is 8.89. The first-order chi connectivity index (χ1) is 7.68. The maximum Gasteiger partial charge on any atom is 0.0799 e. The Morgan fingerprint density at radius 3 is 2.75 bits per heavy atom. The maximum absolute atomic E-state index is 6.13. The highest BCUT2D eigenvalue weighted by atomic mass is 79.9. The minimum absolute atomic E-state index is 0.247. The lowest BCUT2D eigenvalue weighted by molar-refractivity contribution is 0.813. The smallest absolute Gasteiger partial charge is 0.0799 e. The summed E-state index contributed by atoms with van der Waals surface area (Å²) in [4.78, 5) is 8.23. The average molecular weight is 278 g/mol. The first-order valence-electron chi connectivity index (χ1n) is 4.96. The van der Waals surface area contributed by atoms with E-state index in [9.17, 15) is 0 Å². The summed E-state index contributed by atoms with van der Waals surface area (Å²) in [7, 11) is 0. The van der Waals surface area contributed by atoms with E-state index in [1.165, 1.54) is 5.56 Å². The fourth-order valence-electron chi connectivity index (χ4n) is 1.51. The van der Waals surface area contributed by atoms with Crippen LogP contribution in [-0.2, 0) is 0 Å². The van der Waals surface area contributed by atoms with Crippen molar-refractivity contribution in [1.29, 1.82) is 0 Å². The molecule has 1 aromatic carbocycles. The fourth-order valence-corrected chi connectivity index (χ4v) is 2.25. The van der Waals surface area contributed by atoms with Crippen LogP contribution in [0.2, 0.25) is 0 Å². The zero-order chi connectivity index (χ0) is 11.5. The molecule has 1 heterocycles. The Balaban J connectivity index is 2.38. The summed E-state index contributed by atoms with van der Waals surface area (Å²) >= 11 is 3.52. The second-order valence-electron chi connectivity index (χ2n) is 3.63. The van der Waals surface area contributed by atoms with Crippen molar-refractivity contribution in [3.8, 4) is 0 Å². The van der Waals surface area contributed by atoms with E-state index >= 15 is 0 Å². The van der Waals surface area contributed by atoms with E-state index in [-0.39, 0.29) is 6.04 Å². The van der Waals surface area contributed by atoms with Crippen molar-refractivity contribution in [3.63, 3.8) is 0 Å². The molecule has 0 aliphatic heterocycles. The van der Waals surface area contributed by atoms with Gasteiger partial charge in [0.2, 0.25) is 0 Å². The summed E-state index contributed by atoms with van der Waals surface area (Å²) in [6.07, 6.45) is 4.98. The highest BCUT2D eigenvalue weighted by Crippen LogP contribution is 2.26. The summed E-state index contributed by atoms with van der Waals surface area (Å²) in [5.41, 5.74) is 9.12. The topological polar surface area (TPSA) is 51.8 Å². The van der Waals surface area contributed by atoms with E-state index in [1.807, 2.05) is 25.1 Å². The van der Waals surface area contributed by atoms with Crippen LogP contribution in [0.4, 0.5) is 0 Å². The Morgan fingerprint density at radius 1 is 1.31 bits per heavy atom. The first-order valence-corrected chi connectivity index (χ1v) is 5.75. The molecule has 4 heteroatoms. The van der Waals surface area contributed by atoms with E-state index in [1.54, 1.807) is 18.6 Å². The molecule has 0 saturated heterocycles. The largest absolute Gasteiger partial charge is 0.319 e. The molecule has 3 nitrogen and oxygen atoms in total. The number of rotatable bonds is 2. The van der Waals surface area contributed by atoms with Gasteiger partial charge in [-0.15, -0.1) is 0 Å². The lowest BCUT2D eigenvalue weighted by Gasteiger charge is -2.13. The van der Waals surface area contributed by atoms with Crippen molar-refractivity contribution in [2.45, 2.75) is 13.0 Å². The highest BCUT2D eigenvalue weighted by molar-refractivity contribution is 9.10. The molecule has 0 spiro atoms. The molecule has 0 aliphatic rings. The van der Waals surface area contributed by atoms with E-state index in [2.05, 4.69) is 25.9 Å². The van der Waals surface area contributed by atoms with Crippen LogP contribution in [-0.4, -0.2) is 9.97 Å². The number of halogens is 1. The van der Waals surface area contributed by atoms with E-state index in [0.29, 0.717) is 0 Å². The molecular formula is C12H12BrN3. The van der Waals surface area contributed by atoms with Gasteiger partial charge in [-0.3, -0.25) is 9.97 Å². The third kappa shape index (κ3) is 2.28. The molecule has 0 fully saturated rings. The summed E-state index contributed by atoms with van der Waals surface area (Å²) in [5, 5.41) is 0. The molecule has 0 saturated carbocycles. The average Bonchev–Trinajstić information content (AvgIpc) is 2.29. The molecule has 1 unspecified atom stereocenters. The van der Waals surface area contributed by atoms with E-state index in [0.717, 1.165) is 15.7 Å². The van der Waals surface area contributed by atoms with Crippen LogP contribution < -0.4 is 5.73 Å². The Labute approximate surface area is 103 Å². The molecule has 2 rings (SSSR count). The lowest BCUT2D eigenvalue weighted by atomic mass is 10.0. The summed E-state index contributed by atoms with van der Waals surface area (Å²) in [6.45, 7) is 2.04. The molecule has 0 aliphatic carbocycles. The molecule has 1 atom stereocenters. The van der Waals surface area contributed by atoms with Crippen molar-refractivity contribution in [3.05, 3.63) is 58.1 Å². The van der Waals surface area contributed by atoms with Crippen molar-refractivity contribution in [2.24, 2.45) is 5.73 Å². The van der Waals surface area contributed by atoms with Gasteiger partial charge in [0, 0.05) is 16.9 Å². The van der Waals surface area contributed by atoms with E-state index in [4.69, 9.17) is 5.73 Å². The SMILES string of the molecule is Cc1ccc(C(N)c2cnccn2)c(Br)c1. The monoisotopic (exact) mass is 277 g/mol. The van der Waals surface area contributed by atoms with Crippen LogP contribution in [0.1, 0.15) is 22.9 Å². The minimum Gasteiger partial charge on any atom is -0.319 e. The number of aryl methyl sites for hydroxylation is 1. The van der Waals surface area contributed by atoms with Crippen molar-refractivity contribution < 1.29 is 0 Å². The van der Waals surface area contributed by atoms with Crippen LogP contribution in [0.25, 0.3) is 0 Å². The summed E-state index contributed by atoms with van der Waals surface area (Å²) in [5.74, 6) is 0. The van der Waals surface area contributed by atoms with Gasteiger partial charge < -0.3 is 5.73 Å². The number of aromatic nitrogens is 2. The molecule has 1 aromatic heterocycles. The number of benzene rings is 1. The third-order valence-corrected chi connectivity index (χ3v) is 3.08. The maximum atomic E-state index is 6.13. The van der Waals surface area contributed by atoms with Crippen molar-refractivity contribution >= 4 is 15.9 Å². The summed E-state index contributed by atoms with van der Waals surface area (Å²) in [6, 6.07) is 5.85. The Bertz CT molecular complexity index is 485. The number of hydrogen-bond acceptors (Lipinski definition) is 3. The quantitative estimate of drug-likeness (QED) is 0.918. The van der Waals surface area contributed by atoms with Gasteiger partial charge in [0.25, 0.3) is 0 Å². The summed E-state index contributed by atoms with van der Waals surface area (Å²) < 4.78 is 1.01. The van der Waals surface area contributed by atoms with Gasteiger partial charge >= 0.3 is 0 Å². The van der Waals surface area contributed by atoms with Gasteiger partial charge in [-0.1, -0.05) is 28.1 Å². The molecule has 0 amide bonds. The fraction of sp³-hybridized carbons (Fsp3) is 0.167. The molecule has 2 N–H and O–H groups in total. The molecule has 0 bridgehead atoms. The third-order valence-electron chi connectivity index (χ3n) is 2.39. The van der Waals surface area contributed by atoms with Crippen LogP contribution in [0, 0.1) is 6.92 Å². The van der Waals surface area contributed by atoms with Crippen LogP contribution in [0.5, 0.6) is 0 Å². The van der Waals surface area contributed by atoms with Gasteiger partial charge in [0.15, 0.2) is 0 Å². The first kappa shape index (κ1) is 11.2. The molecule has 16 heavy (non-hydrogen) atoms. The van der Waals surface area contributed by atoms with Gasteiger partial charge in [0.1, 0.15) is 0 Å². The van der Waals surface area contributed by atoms with Crippen molar-refractivity contribution in [1.82, 2.24) is 9.97 Å². The Kier molecular flexibility index (Phi) is 3.31. The molecule has 2 aromatic rings. The standard InChI is InChI=1S/C12H12BrN3/c1-8-2-3-9(10(13)6-8)12(14)11-7-15-4-5-16-11/h2-7,12H,14H2,1H3. The Hall–Kier alpha value is -1.26. The van der Waals surface area contributed by atoms with E-state index < -0.39 is 0 Å². The second kappa shape index (κ2) is 4.72. The molecule has 0 radical (unpaired) electrons. The van der Waals surface area contributed by atoms with Crippen LogP contribution in [0.15, 0.2) is 41.3 Å². The predicted molar refractivity (Wildman–Crippen MR) is 66.9 cm³/mol. The lowest BCUT2D eigenvalue weighted by Crippen LogP contribution is -2.14. The van der Waals surface area contributed by atoms with Crippen molar-refractivity contribution in [2.75, 3.05) is 0 Å². The van der Waals surface area contributed by atoms with Gasteiger partial charge in [-0.25, -0.2) is 0 Å². The normalized spacial score (nSPS) is 12.4. The highest BCUT2D eigenvalue weighted by Gasteiger charge is 2.13. The number of hydrogen-bond donors (Lipinski definition) is 1. The second-order valence-corrected chi connectivity index (χ2v) is 4.49. The number of nitrogens with two attached hydrogens (primary N) is 1. The van der Waals surface area contributed by atoms with Crippen LogP contribution in [0.3, 0.4) is 0 Å². The van der Waals surface area contributed by atoms with Gasteiger partial charge in [-0.05, 0) is 24.1 Å².